The molecule has 76 valence electrons. The van der Waals surface area contributed by atoms with Crippen molar-refractivity contribution in [2.45, 2.75) is 38.6 Å². The first-order valence-corrected chi connectivity index (χ1v) is 5.12. The van der Waals surface area contributed by atoms with Crippen molar-refractivity contribution in [2.24, 2.45) is 5.73 Å². The van der Waals surface area contributed by atoms with Crippen LogP contribution in [0, 0.1) is 19.7 Å². The van der Waals surface area contributed by atoms with E-state index >= 15 is 0 Å². The molecular weight excluding hydrogens is 177 g/mol. The normalized spacial score (nSPS) is 26.0. The van der Waals surface area contributed by atoms with E-state index in [1.807, 2.05) is 19.9 Å². The number of hydrogen-bond donors (Lipinski definition) is 1. The second-order valence-electron chi connectivity index (χ2n) is 4.33. The molecule has 2 unspecified atom stereocenters. The summed E-state index contributed by atoms with van der Waals surface area (Å²) in [6.07, 6.45) is 2.05. The monoisotopic (exact) mass is 193 g/mol. The highest BCUT2D eigenvalue weighted by Crippen LogP contribution is 2.38. The summed E-state index contributed by atoms with van der Waals surface area (Å²) in [5, 5.41) is 0. The Hall–Kier alpha value is -0.890. The van der Waals surface area contributed by atoms with Crippen LogP contribution in [-0.2, 0) is 0 Å². The highest BCUT2D eigenvalue weighted by Gasteiger charge is 2.31. The number of benzene rings is 1. The molecule has 2 atom stereocenters. The minimum absolute atomic E-state index is 0.0809. The lowest BCUT2D eigenvalue weighted by Gasteiger charge is -2.35. The van der Waals surface area contributed by atoms with Gasteiger partial charge in [-0.15, -0.1) is 0 Å². The summed E-state index contributed by atoms with van der Waals surface area (Å²) >= 11 is 0. The van der Waals surface area contributed by atoms with Gasteiger partial charge in [0.05, 0.1) is 0 Å². The third-order valence-electron chi connectivity index (χ3n) is 3.18. The third kappa shape index (κ3) is 1.44. The number of aryl methyl sites for hydroxylation is 2. The van der Waals surface area contributed by atoms with Crippen molar-refractivity contribution in [1.29, 1.82) is 0 Å². The molecule has 0 amide bonds. The van der Waals surface area contributed by atoms with Crippen LogP contribution in [0.15, 0.2) is 12.1 Å². The zero-order valence-corrected chi connectivity index (χ0v) is 8.68. The van der Waals surface area contributed by atoms with Crippen molar-refractivity contribution in [2.75, 3.05) is 0 Å². The van der Waals surface area contributed by atoms with Gasteiger partial charge >= 0.3 is 0 Å². The summed E-state index contributed by atoms with van der Waals surface area (Å²) in [7, 11) is 0. The van der Waals surface area contributed by atoms with Gasteiger partial charge in [-0.05, 0) is 49.4 Å². The van der Waals surface area contributed by atoms with Crippen molar-refractivity contribution in [3.63, 3.8) is 0 Å². The molecule has 0 saturated heterocycles. The van der Waals surface area contributed by atoms with Crippen LogP contribution in [0.25, 0.3) is 0 Å². The van der Waals surface area contributed by atoms with Gasteiger partial charge in [-0.25, -0.2) is 4.39 Å². The van der Waals surface area contributed by atoms with E-state index in [2.05, 4.69) is 0 Å². The van der Waals surface area contributed by atoms with Crippen LogP contribution in [0.3, 0.4) is 0 Å². The molecule has 1 nitrogen and oxygen atoms in total. The van der Waals surface area contributed by atoms with Crippen LogP contribution in [0.5, 0.6) is 0 Å². The number of halogens is 1. The molecule has 0 aliphatic heterocycles. The van der Waals surface area contributed by atoms with Gasteiger partial charge in [0.1, 0.15) is 5.82 Å². The summed E-state index contributed by atoms with van der Waals surface area (Å²) in [6.45, 7) is 3.89. The summed E-state index contributed by atoms with van der Waals surface area (Å²) in [5.41, 5.74) is 8.73. The van der Waals surface area contributed by atoms with E-state index in [1.54, 1.807) is 6.07 Å². The van der Waals surface area contributed by atoms with Gasteiger partial charge in [0.2, 0.25) is 0 Å². The van der Waals surface area contributed by atoms with Gasteiger partial charge < -0.3 is 5.73 Å². The smallest absolute Gasteiger partial charge is 0.127 e. The van der Waals surface area contributed by atoms with Crippen molar-refractivity contribution in [1.82, 2.24) is 0 Å². The fourth-order valence-electron chi connectivity index (χ4n) is 2.28. The Labute approximate surface area is 84.1 Å². The second-order valence-corrected chi connectivity index (χ2v) is 4.33. The van der Waals surface area contributed by atoms with Gasteiger partial charge in [0.15, 0.2) is 0 Å². The number of hydrogen-bond acceptors (Lipinski definition) is 1. The highest BCUT2D eigenvalue weighted by molar-refractivity contribution is 5.36. The van der Waals surface area contributed by atoms with Crippen LogP contribution < -0.4 is 5.73 Å². The minimum atomic E-state index is -0.0809. The maximum Gasteiger partial charge on any atom is 0.127 e. The molecule has 1 saturated carbocycles. The van der Waals surface area contributed by atoms with Gasteiger partial charge in [0, 0.05) is 12.0 Å². The maximum absolute atomic E-state index is 13.7. The van der Waals surface area contributed by atoms with E-state index in [4.69, 9.17) is 5.73 Å². The third-order valence-corrected chi connectivity index (χ3v) is 3.18. The molecule has 1 aliphatic rings. The Morgan fingerprint density at radius 2 is 2.00 bits per heavy atom. The van der Waals surface area contributed by atoms with E-state index in [0.717, 1.165) is 29.5 Å². The molecule has 2 N–H and O–H groups in total. The molecule has 1 aromatic rings. The van der Waals surface area contributed by atoms with Crippen LogP contribution >= 0.6 is 0 Å². The second kappa shape index (κ2) is 3.35. The Balaban J connectivity index is 2.42. The fraction of sp³-hybridized carbons (Fsp3) is 0.500. The van der Waals surface area contributed by atoms with Crippen LogP contribution in [0.4, 0.5) is 4.39 Å². The lowest BCUT2D eigenvalue weighted by molar-refractivity contribution is 0.336. The molecule has 2 heteroatoms. The SMILES string of the molecule is Cc1cc(C)c(C2CCC2N)c(F)c1. The predicted molar refractivity (Wildman–Crippen MR) is 55.8 cm³/mol. The largest absolute Gasteiger partial charge is 0.327 e. The highest BCUT2D eigenvalue weighted by atomic mass is 19.1. The standard InChI is InChI=1S/C12H16FN/c1-7-5-8(2)12(10(13)6-7)9-3-4-11(9)14/h5-6,9,11H,3-4,14H2,1-2H3. The molecular formula is C12H16FN. The van der Waals surface area contributed by atoms with Crippen molar-refractivity contribution < 1.29 is 4.39 Å². The predicted octanol–water partition coefficient (Wildman–Crippen LogP) is 2.65. The first kappa shape index (κ1) is 9.66. The fourth-order valence-corrected chi connectivity index (χ4v) is 2.28. The summed E-state index contributed by atoms with van der Waals surface area (Å²) < 4.78 is 13.7. The molecule has 1 aromatic carbocycles. The van der Waals surface area contributed by atoms with E-state index in [0.29, 0.717) is 0 Å². The van der Waals surface area contributed by atoms with Crippen LogP contribution in [0.1, 0.15) is 35.4 Å². The zero-order chi connectivity index (χ0) is 10.3. The minimum Gasteiger partial charge on any atom is -0.327 e. The zero-order valence-electron chi connectivity index (χ0n) is 8.68. The van der Waals surface area contributed by atoms with Gasteiger partial charge in [-0.3, -0.25) is 0 Å². The van der Waals surface area contributed by atoms with E-state index in [9.17, 15) is 4.39 Å². The van der Waals surface area contributed by atoms with Gasteiger partial charge in [-0.2, -0.15) is 0 Å². The van der Waals surface area contributed by atoms with E-state index in [-0.39, 0.29) is 17.8 Å². The molecule has 0 spiro atoms. The Kier molecular flexibility index (Phi) is 2.31. The number of rotatable bonds is 1. The molecule has 14 heavy (non-hydrogen) atoms. The molecule has 0 bridgehead atoms. The molecule has 0 aromatic heterocycles. The lowest BCUT2D eigenvalue weighted by Crippen LogP contribution is -2.38. The first-order valence-electron chi connectivity index (χ1n) is 5.12. The van der Waals surface area contributed by atoms with Gasteiger partial charge in [-0.1, -0.05) is 6.07 Å². The maximum atomic E-state index is 13.7. The van der Waals surface area contributed by atoms with Crippen LogP contribution in [0.2, 0.25) is 0 Å². The molecule has 1 fully saturated rings. The molecule has 0 heterocycles. The van der Waals surface area contributed by atoms with Crippen molar-refractivity contribution >= 4 is 0 Å². The topological polar surface area (TPSA) is 26.0 Å². The Bertz CT molecular complexity index is 336. The summed E-state index contributed by atoms with van der Waals surface area (Å²) in [5.74, 6) is 0.165. The average Bonchev–Trinajstić information content (AvgIpc) is 2.08. The number of nitrogens with two attached hydrogens (primary N) is 1. The Morgan fingerprint density at radius 3 is 2.43 bits per heavy atom. The first-order chi connectivity index (χ1) is 6.59. The molecule has 1 aliphatic carbocycles. The quantitative estimate of drug-likeness (QED) is 0.729. The van der Waals surface area contributed by atoms with Crippen molar-refractivity contribution in [3.8, 4) is 0 Å². The summed E-state index contributed by atoms with van der Waals surface area (Å²) in [4.78, 5) is 0. The average molecular weight is 193 g/mol. The van der Waals surface area contributed by atoms with E-state index in [1.165, 1.54) is 0 Å². The Morgan fingerprint density at radius 1 is 1.29 bits per heavy atom. The summed E-state index contributed by atoms with van der Waals surface area (Å²) in [6, 6.07) is 3.79. The molecule has 2 rings (SSSR count). The molecule has 0 radical (unpaired) electrons. The van der Waals surface area contributed by atoms with Gasteiger partial charge in [0.25, 0.3) is 0 Å². The van der Waals surface area contributed by atoms with Crippen LogP contribution in [-0.4, -0.2) is 6.04 Å². The van der Waals surface area contributed by atoms with E-state index < -0.39 is 0 Å². The lowest BCUT2D eigenvalue weighted by atomic mass is 9.74. The van der Waals surface area contributed by atoms with Crippen molar-refractivity contribution in [3.05, 3.63) is 34.6 Å².